The Morgan fingerprint density at radius 3 is 2.73 bits per heavy atom. The first-order valence-corrected chi connectivity index (χ1v) is 11.4. The van der Waals surface area contributed by atoms with Crippen LogP contribution in [0, 0.1) is 5.92 Å². The first-order chi connectivity index (χ1) is 16.1. The van der Waals surface area contributed by atoms with Crippen LogP contribution in [0.15, 0.2) is 65.5 Å². The van der Waals surface area contributed by atoms with Gasteiger partial charge in [0, 0.05) is 37.4 Å². The van der Waals surface area contributed by atoms with Gasteiger partial charge in [-0.3, -0.25) is 9.59 Å². The molecule has 1 fully saturated rings. The lowest BCUT2D eigenvalue weighted by Gasteiger charge is -2.32. The normalized spacial score (nSPS) is 17.6. The molecule has 6 nitrogen and oxygen atoms in total. The summed E-state index contributed by atoms with van der Waals surface area (Å²) >= 11 is 0. The van der Waals surface area contributed by atoms with Crippen molar-refractivity contribution in [2.45, 2.75) is 25.9 Å². The van der Waals surface area contributed by atoms with Crippen molar-refractivity contribution in [1.82, 2.24) is 9.47 Å². The van der Waals surface area contributed by atoms with Crippen LogP contribution >= 0.6 is 0 Å². The third-order valence-corrected chi connectivity index (χ3v) is 6.62. The molecule has 5 rings (SSSR count). The molecule has 1 amide bonds. The number of hydrogen-bond donors (Lipinski definition) is 0. The van der Waals surface area contributed by atoms with Crippen molar-refractivity contribution in [2.24, 2.45) is 5.92 Å². The van der Waals surface area contributed by atoms with Gasteiger partial charge in [0.2, 0.25) is 5.91 Å². The van der Waals surface area contributed by atoms with Crippen LogP contribution in [-0.2, 0) is 29.0 Å². The maximum atomic E-state index is 13.7. The largest absolute Gasteiger partial charge is 0.497 e. The number of carbonyl (C=O) groups excluding carboxylic acids is 1. The first kappa shape index (κ1) is 21.5. The van der Waals surface area contributed by atoms with E-state index in [0.717, 1.165) is 34.6 Å². The van der Waals surface area contributed by atoms with E-state index < -0.39 is 0 Å². The second kappa shape index (κ2) is 9.24. The fourth-order valence-electron chi connectivity index (χ4n) is 4.84. The fourth-order valence-corrected chi connectivity index (χ4v) is 4.84. The number of pyridine rings is 1. The van der Waals surface area contributed by atoms with E-state index in [1.807, 2.05) is 70.1 Å². The number of methoxy groups -OCH3 is 1. The summed E-state index contributed by atoms with van der Waals surface area (Å²) in [7, 11) is 1.64. The quantitative estimate of drug-likeness (QED) is 0.605. The lowest BCUT2D eigenvalue weighted by atomic mass is 9.97. The number of fused-ring (bicyclic) bond motifs is 1. The predicted molar refractivity (Wildman–Crippen MR) is 126 cm³/mol. The van der Waals surface area contributed by atoms with Gasteiger partial charge in [-0.15, -0.1) is 0 Å². The second-order valence-electron chi connectivity index (χ2n) is 8.71. The molecular weight excluding hydrogens is 416 g/mol. The van der Waals surface area contributed by atoms with Crippen LogP contribution in [0.25, 0.3) is 11.1 Å². The van der Waals surface area contributed by atoms with Crippen LogP contribution in [0.4, 0.5) is 0 Å². The third kappa shape index (κ3) is 4.31. The van der Waals surface area contributed by atoms with E-state index in [2.05, 4.69) is 0 Å². The molecule has 0 aliphatic carbocycles. The number of ether oxygens (including phenoxy) is 2. The van der Waals surface area contributed by atoms with Gasteiger partial charge >= 0.3 is 0 Å². The number of amides is 1. The van der Waals surface area contributed by atoms with E-state index in [1.54, 1.807) is 7.11 Å². The van der Waals surface area contributed by atoms with Gasteiger partial charge in [0.1, 0.15) is 5.75 Å². The summed E-state index contributed by atoms with van der Waals surface area (Å²) in [4.78, 5) is 28.6. The maximum Gasteiger partial charge on any atom is 0.258 e. The minimum Gasteiger partial charge on any atom is -0.497 e. The maximum absolute atomic E-state index is 13.7. The molecule has 1 saturated heterocycles. The summed E-state index contributed by atoms with van der Waals surface area (Å²) < 4.78 is 12.7. The molecule has 0 spiro atoms. The Morgan fingerprint density at radius 2 is 1.97 bits per heavy atom. The molecule has 1 unspecified atom stereocenters. The summed E-state index contributed by atoms with van der Waals surface area (Å²) in [5.41, 5.74) is 4.59. The Morgan fingerprint density at radius 1 is 1.12 bits per heavy atom. The van der Waals surface area contributed by atoms with Gasteiger partial charge < -0.3 is 18.9 Å². The first-order valence-electron chi connectivity index (χ1n) is 11.4. The minimum atomic E-state index is -0.0529. The second-order valence-corrected chi connectivity index (χ2v) is 8.71. The van der Waals surface area contributed by atoms with E-state index in [0.29, 0.717) is 44.8 Å². The van der Waals surface area contributed by atoms with Crippen LogP contribution in [0.5, 0.6) is 5.75 Å². The lowest BCUT2D eigenvalue weighted by molar-refractivity contribution is -0.136. The molecule has 0 N–H and O–H groups in total. The van der Waals surface area contributed by atoms with Crippen molar-refractivity contribution in [3.63, 3.8) is 0 Å². The zero-order chi connectivity index (χ0) is 22.8. The average Bonchev–Trinajstić information content (AvgIpc) is 3.40. The number of hydrogen-bond acceptors (Lipinski definition) is 4. The van der Waals surface area contributed by atoms with Crippen molar-refractivity contribution in [1.29, 1.82) is 0 Å². The number of aromatic nitrogens is 1. The summed E-state index contributed by atoms with van der Waals surface area (Å²) in [5, 5.41) is 0. The molecule has 2 aliphatic heterocycles. The van der Waals surface area contributed by atoms with Crippen LogP contribution in [0.3, 0.4) is 0 Å². The topological polar surface area (TPSA) is 60.8 Å². The van der Waals surface area contributed by atoms with E-state index in [4.69, 9.17) is 9.47 Å². The summed E-state index contributed by atoms with van der Waals surface area (Å²) in [6.45, 7) is 2.75. The van der Waals surface area contributed by atoms with Gasteiger partial charge in [0.05, 0.1) is 26.2 Å². The Bertz CT molecular complexity index is 1210. The van der Waals surface area contributed by atoms with Gasteiger partial charge in [-0.1, -0.05) is 42.5 Å². The van der Waals surface area contributed by atoms with Crippen molar-refractivity contribution in [3.05, 3.63) is 87.8 Å². The number of benzene rings is 2. The summed E-state index contributed by atoms with van der Waals surface area (Å²) in [5.74, 6) is 0.872. The summed E-state index contributed by atoms with van der Waals surface area (Å²) in [6, 6.07) is 19.5. The number of rotatable bonds is 5. The Balaban J connectivity index is 1.56. The highest BCUT2D eigenvalue weighted by Gasteiger charge is 2.31. The lowest BCUT2D eigenvalue weighted by Crippen LogP contribution is -2.42. The molecular formula is C27H28N2O4. The molecule has 1 aromatic heterocycles. The van der Waals surface area contributed by atoms with Gasteiger partial charge in [0.25, 0.3) is 5.56 Å². The van der Waals surface area contributed by atoms with Gasteiger partial charge in [-0.25, -0.2) is 0 Å². The molecule has 0 bridgehead atoms. The molecule has 3 heterocycles. The molecule has 2 aromatic carbocycles. The molecule has 6 heteroatoms. The Labute approximate surface area is 193 Å². The van der Waals surface area contributed by atoms with Gasteiger partial charge in [-0.2, -0.15) is 0 Å². The number of nitrogens with zero attached hydrogens (tertiary/aromatic N) is 2. The number of carbonyl (C=O) groups is 1. The monoisotopic (exact) mass is 444 g/mol. The van der Waals surface area contributed by atoms with E-state index in [1.165, 1.54) is 0 Å². The van der Waals surface area contributed by atoms with Crippen LogP contribution in [0.2, 0.25) is 0 Å². The Hall–Kier alpha value is -3.38. The molecule has 170 valence electrons. The highest BCUT2D eigenvalue weighted by Crippen LogP contribution is 2.27. The van der Waals surface area contributed by atoms with Crippen molar-refractivity contribution in [2.75, 3.05) is 26.9 Å². The average molecular weight is 445 g/mol. The van der Waals surface area contributed by atoms with E-state index >= 15 is 0 Å². The minimum absolute atomic E-state index is 0.00765. The molecule has 0 radical (unpaired) electrons. The van der Waals surface area contributed by atoms with Gasteiger partial charge in [0.15, 0.2) is 0 Å². The van der Waals surface area contributed by atoms with Crippen molar-refractivity contribution < 1.29 is 14.3 Å². The standard InChI is InChI=1S/C27H28N2O4/c1-32-23-9-5-6-19(14-23)16-29-25-10-12-28(26(30)21-11-13-33-18-21)17-22(25)15-24(27(29)31)20-7-3-2-4-8-20/h2-9,14-15,21H,10-13,16-18H2,1H3. The third-order valence-electron chi connectivity index (χ3n) is 6.62. The van der Waals surface area contributed by atoms with Crippen molar-refractivity contribution >= 4 is 5.91 Å². The van der Waals surface area contributed by atoms with Crippen LogP contribution < -0.4 is 10.3 Å². The predicted octanol–water partition coefficient (Wildman–Crippen LogP) is 3.49. The van der Waals surface area contributed by atoms with Crippen LogP contribution in [0.1, 0.15) is 23.2 Å². The molecule has 0 saturated carbocycles. The summed E-state index contributed by atoms with van der Waals surface area (Å²) in [6.07, 6.45) is 1.44. The smallest absolute Gasteiger partial charge is 0.258 e. The van der Waals surface area contributed by atoms with E-state index in [9.17, 15) is 9.59 Å². The van der Waals surface area contributed by atoms with Crippen molar-refractivity contribution in [3.8, 4) is 16.9 Å². The molecule has 2 aliphatic rings. The van der Waals surface area contributed by atoms with Gasteiger partial charge in [-0.05, 0) is 41.3 Å². The highest BCUT2D eigenvalue weighted by atomic mass is 16.5. The Kier molecular flexibility index (Phi) is 6.01. The molecule has 1 atom stereocenters. The van der Waals surface area contributed by atoms with Crippen LogP contribution in [-0.4, -0.2) is 42.2 Å². The zero-order valence-electron chi connectivity index (χ0n) is 18.8. The fraction of sp³-hybridized carbons (Fsp3) is 0.333. The zero-order valence-corrected chi connectivity index (χ0v) is 18.8. The van der Waals surface area contributed by atoms with E-state index in [-0.39, 0.29) is 17.4 Å². The highest BCUT2D eigenvalue weighted by molar-refractivity contribution is 5.79. The molecule has 33 heavy (non-hydrogen) atoms. The molecule has 3 aromatic rings. The SMILES string of the molecule is COc1cccc(Cn2c3c(cc(-c4ccccc4)c2=O)CN(C(=O)C2CCOC2)CC3)c1.